The van der Waals surface area contributed by atoms with Gasteiger partial charge in [-0.25, -0.2) is 9.18 Å². The SMILES string of the molecule is CC(Sc1ccc(Cl)cc1)C(=O)ON=C(N)c1ccc(F)cc1. The van der Waals surface area contributed by atoms with E-state index in [1.807, 2.05) is 12.1 Å². The third-order valence-corrected chi connectivity index (χ3v) is 4.17. The zero-order valence-corrected chi connectivity index (χ0v) is 13.8. The second-order valence-electron chi connectivity index (χ2n) is 4.61. The normalized spacial score (nSPS) is 12.7. The van der Waals surface area contributed by atoms with E-state index < -0.39 is 11.2 Å². The number of thioether (sulfide) groups is 1. The Labute approximate surface area is 142 Å². The van der Waals surface area contributed by atoms with Crippen molar-refractivity contribution in [3.05, 3.63) is 64.9 Å². The lowest BCUT2D eigenvalue weighted by atomic mass is 10.2. The summed E-state index contributed by atoms with van der Waals surface area (Å²) in [5.74, 6) is -0.913. The maximum Gasteiger partial charge on any atom is 0.348 e. The van der Waals surface area contributed by atoms with Crippen molar-refractivity contribution >= 4 is 35.2 Å². The lowest BCUT2D eigenvalue weighted by Gasteiger charge is -2.08. The second kappa shape index (κ2) is 7.99. The number of amidine groups is 1. The molecular formula is C16H14ClFN2O2S. The van der Waals surface area contributed by atoms with Gasteiger partial charge in [0.25, 0.3) is 0 Å². The Morgan fingerprint density at radius 2 is 1.83 bits per heavy atom. The van der Waals surface area contributed by atoms with Crippen LogP contribution in [0.25, 0.3) is 0 Å². The highest BCUT2D eigenvalue weighted by atomic mass is 35.5. The minimum Gasteiger partial charge on any atom is -0.380 e. The fourth-order valence-electron chi connectivity index (χ4n) is 1.61. The quantitative estimate of drug-likeness (QED) is 0.292. The molecule has 1 unspecified atom stereocenters. The van der Waals surface area contributed by atoms with Crippen LogP contribution in [0.5, 0.6) is 0 Å². The highest BCUT2D eigenvalue weighted by Gasteiger charge is 2.16. The van der Waals surface area contributed by atoms with Gasteiger partial charge in [-0.2, -0.15) is 0 Å². The molecule has 0 saturated heterocycles. The van der Waals surface area contributed by atoms with Gasteiger partial charge in [-0.15, -0.1) is 11.8 Å². The molecule has 0 aliphatic carbocycles. The molecule has 0 radical (unpaired) electrons. The van der Waals surface area contributed by atoms with Crippen molar-refractivity contribution in [2.75, 3.05) is 0 Å². The van der Waals surface area contributed by atoms with Gasteiger partial charge in [-0.05, 0) is 55.5 Å². The number of benzene rings is 2. The molecule has 0 heterocycles. The number of carbonyl (C=O) groups is 1. The van der Waals surface area contributed by atoms with E-state index in [0.717, 1.165) is 4.90 Å². The van der Waals surface area contributed by atoms with Gasteiger partial charge >= 0.3 is 5.97 Å². The van der Waals surface area contributed by atoms with Crippen LogP contribution in [-0.2, 0) is 9.63 Å². The molecule has 0 aliphatic rings. The number of hydrogen-bond donors (Lipinski definition) is 1. The number of oxime groups is 1. The molecule has 7 heteroatoms. The molecule has 0 bridgehead atoms. The fourth-order valence-corrected chi connectivity index (χ4v) is 2.57. The lowest BCUT2D eigenvalue weighted by molar-refractivity contribution is -0.142. The van der Waals surface area contributed by atoms with E-state index in [4.69, 9.17) is 22.2 Å². The predicted octanol–water partition coefficient (Wildman–Crippen LogP) is 3.82. The summed E-state index contributed by atoms with van der Waals surface area (Å²) in [6, 6.07) is 12.5. The van der Waals surface area contributed by atoms with E-state index in [1.54, 1.807) is 19.1 Å². The van der Waals surface area contributed by atoms with Gasteiger partial charge in [0.05, 0.1) is 0 Å². The number of nitrogens with zero attached hydrogens (tertiary/aromatic N) is 1. The molecule has 4 nitrogen and oxygen atoms in total. The summed E-state index contributed by atoms with van der Waals surface area (Å²) in [6.07, 6.45) is 0. The van der Waals surface area contributed by atoms with E-state index in [9.17, 15) is 9.18 Å². The van der Waals surface area contributed by atoms with E-state index in [-0.39, 0.29) is 11.7 Å². The first-order chi connectivity index (χ1) is 11.0. The first-order valence-electron chi connectivity index (χ1n) is 6.68. The molecule has 0 fully saturated rings. The van der Waals surface area contributed by atoms with Gasteiger partial charge in [0.1, 0.15) is 11.1 Å². The molecule has 0 saturated carbocycles. The minimum atomic E-state index is -0.532. The number of hydrogen-bond acceptors (Lipinski definition) is 4. The Hall–Kier alpha value is -2.05. The third kappa shape index (κ3) is 5.26. The Bertz CT molecular complexity index is 705. The summed E-state index contributed by atoms with van der Waals surface area (Å²) in [4.78, 5) is 17.6. The van der Waals surface area contributed by atoms with E-state index in [1.165, 1.54) is 36.0 Å². The Balaban J connectivity index is 1.93. The first-order valence-corrected chi connectivity index (χ1v) is 7.94. The number of carbonyl (C=O) groups excluding carboxylic acids is 1. The van der Waals surface area contributed by atoms with E-state index in [2.05, 4.69) is 5.16 Å². The molecule has 0 amide bonds. The average Bonchev–Trinajstić information content (AvgIpc) is 2.55. The highest BCUT2D eigenvalue weighted by Crippen LogP contribution is 2.25. The van der Waals surface area contributed by atoms with Gasteiger partial charge in [0.2, 0.25) is 0 Å². The van der Waals surface area contributed by atoms with Crippen LogP contribution in [-0.4, -0.2) is 17.1 Å². The first kappa shape index (κ1) is 17.3. The molecule has 0 aromatic heterocycles. The highest BCUT2D eigenvalue weighted by molar-refractivity contribution is 8.00. The van der Waals surface area contributed by atoms with Gasteiger partial charge in [0, 0.05) is 15.5 Å². The number of nitrogens with two attached hydrogens (primary N) is 1. The lowest BCUT2D eigenvalue weighted by Crippen LogP contribution is -2.19. The molecule has 2 rings (SSSR count). The maximum atomic E-state index is 12.8. The van der Waals surface area contributed by atoms with Gasteiger partial charge < -0.3 is 10.6 Å². The number of rotatable bonds is 5. The Morgan fingerprint density at radius 3 is 2.43 bits per heavy atom. The van der Waals surface area contributed by atoms with Crippen LogP contribution in [0.2, 0.25) is 5.02 Å². The largest absolute Gasteiger partial charge is 0.380 e. The molecule has 23 heavy (non-hydrogen) atoms. The monoisotopic (exact) mass is 352 g/mol. The molecule has 2 N–H and O–H groups in total. The van der Waals surface area contributed by atoms with Gasteiger partial charge in [-0.3, -0.25) is 0 Å². The van der Waals surface area contributed by atoms with Crippen molar-refractivity contribution in [1.82, 2.24) is 0 Å². The Kier molecular flexibility index (Phi) is 6.01. The topological polar surface area (TPSA) is 64.7 Å². The maximum absolute atomic E-state index is 12.8. The van der Waals surface area contributed by atoms with Crippen molar-refractivity contribution in [3.8, 4) is 0 Å². The smallest absolute Gasteiger partial charge is 0.348 e. The molecule has 2 aromatic rings. The summed E-state index contributed by atoms with van der Waals surface area (Å²) in [5.41, 5.74) is 6.16. The van der Waals surface area contributed by atoms with Crippen molar-refractivity contribution in [3.63, 3.8) is 0 Å². The fraction of sp³-hybridized carbons (Fsp3) is 0.125. The summed E-state index contributed by atoms with van der Waals surface area (Å²) >= 11 is 7.12. The van der Waals surface area contributed by atoms with Crippen LogP contribution in [0, 0.1) is 5.82 Å². The van der Waals surface area contributed by atoms with Crippen molar-refractivity contribution in [2.24, 2.45) is 10.9 Å². The van der Waals surface area contributed by atoms with Crippen molar-refractivity contribution in [1.29, 1.82) is 0 Å². The molecule has 0 aliphatic heterocycles. The third-order valence-electron chi connectivity index (χ3n) is 2.83. The van der Waals surface area contributed by atoms with Gasteiger partial charge in [-0.1, -0.05) is 16.8 Å². The average molecular weight is 353 g/mol. The number of halogens is 2. The van der Waals surface area contributed by atoms with Crippen LogP contribution >= 0.6 is 23.4 Å². The van der Waals surface area contributed by atoms with Crippen LogP contribution in [0.4, 0.5) is 4.39 Å². The van der Waals surface area contributed by atoms with Crippen LogP contribution in [0.15, 0.2) is 58.6 Å². The van der Waals surface area contributed by atoms with E-state index >= 15 is 0 Å². The zero-order chi connectivity index (χ0) is 16.8. The second-order valence-corrected chi connectivity index (χ2v) is 6.46. The minimum absolute atomic E-state index is 0.00189. The van der Waals surface area contributed by atoms with Crippen molar-refractivity contribution in [2.45, 2.75) is 17.1 Å². The summed E-state index contributed by atoms with van der Waals surface area (Å²) in [6.45, 7) is 1.70. The summed E-state index contributed by atoms with van der Waals surface area (Å²) < 4.78 is 12.8. The predicted molar refractivity (Wildman–Crippen MR) is 90.0 cm³/mol. The zero-order valence-electron chi connectivity index (χ0n) is 12.2. The molecule has 2 aromatic carbocycles. The molecule has 0 spiro atoms. The summed E-state index contributed by atoms with van der Waals surface area (Å²) in [5, 5.41) is 3.74. The standard InChI is InChI=1S/C16H14ClFN2O2S/c1-10(23-14-8-4-12(17)5-9-14)16(21)22-20-15(19)11-2-6-13(18)7-3-11/h2-10H,1H3,(H2,19,20). The van der Waals surface area contributed by atoms with Crippen molar-refractivity contribution < 1.29 is 14.0 Å². The molecule has 1 atom stereocenters. The molecule has 120 valence electrons. The van der Waals surface area contributed by atoms with Crippen LogP contribution in [0.3, 0.4) is 0 Å². The Morgan fingerprint density at radius 1 is 1.22 bits per heavy atom. The van der Waals surface area contributed by atoms with E-state index in [0.29, 0.717) is 10.6 Å². The van der Waals surface area contributed by atoms with Crippen LogP contribution < -0.4 is 5.73 Å². The molecular weight excluding hydrogens is 339 g/mol. The van der Waals surface area contributed by atoms with Gasteiger partial charge in [0.15, 0.2) is 5.84 Å². The summed E-state index contributed by atoms with van der Waals surface area (Å²) in [7, 11) is 0. The van der Waals surface area contributed by atoms with Crippen LogP contribution in [0.1, 0.15) is 12.5 Å².